The highest BCUT2D eigenvalue weighted by molar-refractivity contribution is 6.74. The van der Waals surface area contributed by atoms with Gasteiger partial charge >= 0.3 is 0 Å². The summed E-state index contributed by atoms with van der Waals surface area (Å²) in [4.78, 5) is 0. The van der Waals surface area contributed by atoms with Crippen molar-refractivity contribution in [3.05, 3.63) is 24.3 Å². The van der Waals surface area contributed by atoms with Crippen molar-refractivity contribution >= 4 is 8.32 Å². The molecule has 1 nitrogen and oxygen atoms in total. The minimum absolute atomic E-state index is 0.306. The Kier molecular flexibility index (Phi) is 6.14. The van der Waals surface area contributed by atoms with Gasteiger partial charge in [0, 0.05) is 0 Å². The first-order chi connectivity index (χ1) is 6.81. The molecule has 0 aromatic carbocycles. The van der Waals surface area contributed by atoms with Crippen LogP contribution < -0.4 is 0 Å². The van der Waals surface area contributed by atoms with Crippen molar-refractivity contribution in [3.8, 4) is 0 Å². The van der Waals surface area contributed by atoms with Crippen molar-refractivity contribution < 1.29 is 4.43 Å². The molecule has 0 aromatic rings. The van der Waals surface area contributed by atoms with Crippen LogP contribution in [0.1, 0.15) is 34.1 Å². The van der Waals surface area contributed by atoms with Crippen LogP contribution in [0.25, 0.3) is 0 Å². The van der Waals surface area contributed by atoms with Gasteiger partial charge in [-0.3, -0.25) is 0 Å². The highest BCUT2D eigenvalue weighted by Crippen LogP contribution is 2.36. The van der Waals surface area contributed by atoms with E-state index in [4.69, 9.17) is 4.43 Å². The fraction of sp³-hybridized carbons (Fsp3) is 0.692. The van der Waals surface area contributed by atoms with Gasteiger partial charge in [0.25, 0.3) is 0 Å². The molecule has 0 spiro atoms. The van der Waals surface area contributed by atoms with E-state index in [9.17, 15) is 0 Å². The van der Waals surface area contributed by atoms with Crippen LogP contribution in [-0.2, 0) is 4.43 Å². The maximum Gasteiger partial charge on any atom is 0.192 e. The van der Waals surface area contributed by atoms with Crippen LogP contribution >= 0.6 is 0 Å². The molecule has 0 bridgehead atoms. The lowest BCUT2D eigenvalue weighted by Crippen LogP contribution is -2.40. The van der Waals surface area contributed by atoms with E-state index in [0.717, 1.165) is 13.0 Å². The molecule has 0 saturated carbocycles. The second-order valence-electron chi connectivity index (χ2n) is 5.34. The lowest BCUT2D eigenvalue weighted by atomic mass is 10.2. The van der Waals surface area contributed by atoms with E-state index < -0.39 is 8.32 Å². The monoisotopic (exact) mass is 226 g/mol. The third-order valence-electron chi connectivity index (χ3n) is 2.97. The third kappa shape index (κ3) is 5.95. The maximum absolute atomic E-state index is 5.99. The summed E-state index contributed by atoms with van der Waals surface area (Å²) >= 11 is 0. The van der Waals surface area contributed by atoms with Crippen LogP contribution in [0.3, 0.4) is 0 Å². The van der Waals surface area contributed by atoms with Crippen molar-refractivity contribution in [3.63, 3.8) is 0 Å². The molecular formula is C13H26OSi. The second kappa shape index (κ2) is 6.29. The molecule has 0 aliphatic heterocycles. The lowest BCUT2D eigenvalue weighted by molar-refractivity contribution is 0.328. The molecule has 0 rings (SSSR count). The number of rotatable bonds is 5. The van der Waals surface area contributed by atoms with E-state index >= 15 is 0 Å². The quantitative estimate of drug-likeness (QED) is 0.494. The first-order valence-corrected chi connectivity index (χ1v) is 8.67. The Labute approximate surface area is 96.4 Å². The van der Waals surface area contributed by atoms with Crippen molar-refractivity contribution in [1.29, 1.82) is 0 Å². The summed E-state index contributed by atoms with van der Waals surface area (Å²) in [6.07, 6.45) is 9.47. The Morgan fingerprint density at radius 1 is 1.07 bits per heavy atom. The molecule has 88 valence electrons. The Balaban J connectivity index is 3.96. The summed E-state index contributed by atoms with van der Waals surface area (Å²) in [5, 5.41) is 0.306. The van der Waals surface area contributed by atoms with Crippen LogP contribution in [0, 0.1) is 0 Å². The number of allylic oxidation sites excluding steroid dienone is 3. The highest BCUT2D eigenvalue weighted by atomic mass is 28.4. The molecule has 0 atom stereocenters. The van der Waals surface area contributed by atoms with Gasteiger partial charge in [0.1, 0.15) is 0 Å². The van der Waals surface area contributed by atoms with Crippen LogP contribution in [0.5, 0.6) is 0 Å². The molecule has 0 unspecified atom stereocenters. The zero-order chi connectivity index (χ0) is 11.9. The molecule has 0 aliphatic rings. The van der Waals surface area contributed by atoms with Gasteiger partial charge in [-0.25, -0.2) is 0 Å². The summed E-state index contributed by atoms with van der Waals surface area (Å²) in [7, 11) is -1.55. The zero-order valence-corrected chi connectivity index (χ0v) is 12.1. The van der Waals surface area contributed by atoms with Crippen molar-refractivity contribution in [2.24, 2.45) is 0 Å². The van der Waals surface area contributed by atoms with Gasteiger partial charge in [0.05, 0.1) is 6.61 Å². The van der Waals surface area contributed by atoms with Gasteiger partial charge in [-0.05, 0) is 24.6 Å². The Bertz CT molecular complexity index is 221. The van der Waals surface area contributed by atoms with Crippen molar-refractivity contribution in [1.82, 2.24) is 0 Å². The predicted molar refractivity (Wildman–Crippen MR) is 71.7 cm³/mol. The van der Waals surface area contributed by atoms with E-state index in [1.165, 1.54) is 0 Å². The van der Waals surface area contributed by atoms with E-state index in [2.05, 4.69) is 65.1 Å². The summed E-state index contributed by atoms with van der Waals surface area (Å²) in [6.45, 7) is 14.2. The molecule has 0 heterocycles. The van der Waals surface area contributed by atoms with E-state index in [-0.39, 0.29) is 0 Å². The summed E-state index contributed by atoms with van der Waals surface area (Å²) in [5.41, 5.74) is 0. The molecular weight excluding hydrogens is 200 g/mol. The number of hydrogen-bond donors (Lipinski definition) is 0. The van der Waals surface area contributed by atoms with Gasteiger partial charge < -0.3 is 4.43 Å². The Morgan fingerprint density at radius 3 is 2.07 bits per heavy atom. The average molecular weight is 226 g/mol. The fourth-order valence-corrected chi connectivity index (χ4v) is 1.77. The molecule has 0 aliphatic carbocycles. The Morgan fingerprint density at radius 2 is 1.60 bits per heavy atom. The maximum atomic E-state index is 5.99. The van der Waals surface area contributed by atoms with Crippen LogP contribution in [0.2, 0.25) is 18.1 Å². The minimum atomic E-state index is -1.55. The van der Waals surface area contributed by atoms with E-state index in [0.29, 0.717) is 5.04 Å². The molecule has 0 amide bonds. The first kappa shape index (κ1) is 14.7. The standard InChI is InChI=1S/C13H26OSi/c1-7-8-9-10-11-12-14-15(5,6)13(2,3)4/h8-11H,7,12H2,1-6H3/b9-8-,11-10-. The van der Waals surface area contributed by atoms with Gasteiger partial charge in [-0.15, -0.1) is 0 Å². The first-order valence-electron chi connectivity index (χ1n) is 5.77. The second-order valence-corrected chi connectivity index (χ2v) is 10.1. The molecule has 0 N–H and O–H groups in total. The normalized spacial score (nSPS) is 14.3. The zero-order valence-electron chi connectivity index (χ0n) is 11.1. The van der Waals surface area contributed by atoms with Gasteiger partial charge in [-0.2, -0.15) is 0 Å². The summed E-state index contributed by atoms with van der Waals surface area (Å²) in [5.74, 6) is 0. The van der Waals surface area contributed by atoms with Crippen molar-refractivity contribution in [2.75, 3.05) is 6.61 Å². The SMILES string of the molecule is CC/C=C\C=C/CO[Si](C)(C)C(C)(C)C. The fourth-order valence-electron chi connectivity index (χ4n) is 0.822. The molecule has 0 saturated heterocycles. The average Bonchev–Trinajstić information content (AvgIpc) is 2.09. The van der Waals surface area contributed by atoms with Gasteiger partial charge in [0.15, 0.2) is 8.32 Å². The highest BCUT2D eigenvalue weighted by Gasteiger charge is 2.36. The topological polar surface area (TPSA) is 9.23 Å². The van der Waals surface area contributed by atoms with Crippen LogP contribution in [0.15, 0.2) is 24.3 Å². The molecule has 15 heavy (non-hydrogen) atoms. The third-order valence-corrected chi connectivity index (χ3v) is 7.47. The van der Waals surface area contributed by atoms with Crippen LogP contribution in [0.4, 0.5) is 0 Å². The Hall–Kier alpha value is -0.343. The van der Waals surface area contributed by atoms with E-state index in [1.54, 1.807) is 0 Å². The smallest absolute Gasteiger partial charge is 0.192 e. The molecule has 0 fully saturated rings. The van der Waals surface area contributed by atoms with Crippen LogP contribution in [-0.4, -0.2) is 14.9 Å². The summed E-state index contributed by atoms with van der Waals surface area (Å²) < 4.78 is 5.99. The molecule has 2 heteroatoms. The van der Waals surface area contributed by atoms with Gasteiger partial charge in [0.2, 0.25) is 0 Å². The number of hydrogen-bond acceptors (Lipinski definition) is 1. The molecule has 0 aromatic heterocycles. The lowest BCUT2D eigenvalue weighted by Gasteiger charge is -2.35. The predicted octanol–water partition coefficient (Wildman–Crippen LogP) is 4.53. The summed E-state index contributed by atoms with van der Waals surface area (Å²) in [6, 6.07) is 0. The molecule has 0 radical (unpaired) electrons. The minimum Gasteiger partial charge on any atom is -0.413 e. The largest absolute Gasteiger partial charge is 0.413 e. The van der Waals surface area contributed by atoms with Gasteiger partial charge in [-0.1, -0.05) is 52.0 Å². The van der Waals surface area contributed by atoms with E-state index in [1.807, 2.05) is 0 Å². The van der Waals surface area contributed by atoms with Crippen molar-refractivity contribution in [2.45, 2.75) is 52.2 Å².